The zero-order valence-corrected chi connectivity index (χ0v) is 8.95. The van der Waals surface area contributed by atoms with E-state index in [2.05, 4.69) is 0 Å². The van der Waals surface area contributed by atoms with Crippen molar-refractivity contribution >= 4 is 28.5 Å². The summed E-state index contributed by atoms with van der Waals surface area (Å²) in [6, 6.07) is 7.43. The molecule has 78 valence electrons. The lowest BCUT2D eigenvalue weighted by Crippen LogP contribution is -2.09. The van der Waals surface area contributed by atoms with Crippen molar-refractivity contribution < 1.29 is 9.90 Å². The fraction of sp³-hybridized carbons (Fsp3) is 0.182. The molecule has 0 saturated carbocycles. The normalized spacial score (nSPS) is 10.8. The van der Waals surface area contributed by atoms with E-state index in [1.54, 1.807) is 16.7 Å². The molecule has 1 heterocycles. The molecule has 4 heteroatoms. The molecule has 0 unspecified atom stereocenters. The Hall–Kier alpha value is -1.48. The van der Waals surface area contributed by atoms with Crippen molar-refractivity contribution in [3.63, 3.8) is 0 Å². The molecule has 0 saturated heterocycles. The summed E-state index contributed by atoms with van der Waals surface area (Å²) in [6.45, 7) is 1.85. The molecule has 15 heavy (non-hydrogen) atoms. The summed E-state index contributed by atoms with van der Waals surface area (Å²) in [4.78, 5) is 10.7. The van der Waals surface area contributed by atoms with Crippen LogP contribution in [0.3, 0.4) is 0 Å². The number of carbonyl (C=O) groups is 1. The van der Waals surface area contributed by atoms with Crippen molar-refractivity contribution in [1.82, 2.24) is 4.57 Å². The van der Waals surface area contributed by atoms with Gasteiger partial charge in [-0.2, -0.15) is 0 Å². The monoisotopic (exact) mass is 223 g/mol. The smallest absolute Gasteiger partial charge is 0.323 e. The lowest BCUT2D eigenvalue weighted by atomic mass is 10.2. The minimum absolute atomic E-state index is 0.0321. The second-order valence-corrected chi connectivity index (χ2v) is 3.91. The molecule has 1 aromatic carbocycles. The van der Waals surface area contributed by atoms with Gasteiger partial charge in [-0.15, -0.1) is 0 Å². The van der Waals surface area contributed by atoms with Crippen LogP contribution in [0, 0.1) is 6.92 Å². The van der Waals surface area contributed by atoms with E-state index >= 15 is 0 Å². The molecule has 0 bridgehead atoms. The van der Waals surface area contributed by atoms with E-state index in [0.29, 0.717) is 5.02 Å². The summed E-state index contributed by atoms with van der Waals surface area (Å²) in [7, 11) is 0. The number of benzene rings is 1. The van der Waals surface area contributed by atoms with E-state index in [4.69, 9.17) is 16.7 Å². The van der Waals surface area contributed by atoms with Gasteiger partial charge in [0, 0.05) is 10.7 Å². The van der Waals surface area contributed by atoms with Crippen molar-refractivity contribution in [2.24, 2.45) is 0 Å². The number of hydrogen-bond donors (Lipinski definition) is 1. The predicted octanol–water partition coefficient (Wildman–Crippen LogP) is 2.69. The number of aromatic nitrogens is 1. The van der Waals surface area contributed by atoms with E-state index in [1.807, 2.05) is 19.1 Å². The van der Waals surface area contributed by atoms with Crippen LogP contribution in [-0.2, 0) is 11.3 Å². The van der Waals surface area contributed by atoms with Gasteiger partial charge in [-0.1, -0.05) is 17.7 Å². The fourth-order valence-corrected chi connectivity index (χ4v) is 1.88. The number of aliphatic carboxylic acids is 1. The standard InChI is InChI=1S/C11H10ClNO2/c1-7-4-8-2-3-9(12)5-10(8)13(7)6-11(14)15/h2-5H,6H2,1H3,(H,14,15). The number of fused-ring (bicyclic) bond motifs is 1. The lowest BCUT2D eigenvalue weighted by molar-refractivity contribution is -0.137. The summed E-state index contributed by atoms with van der Waals surface area (Å²) in [5.74, 6) is -0.851. The Morgan fingerprint density at radius 3 is 2.87 bits per heavy atom. The number of halogens is 1. The molecule has 1 aromatic heterocycles. The second kappa shape index (κ2) is 3.59. The highest BCUT2D eigenvalue weighted by Gasteiger charge is 2.08. The van der Waals surface area contributed by atoms with Crippen LogP contribution in [0.2, 0.25) is 5.02 Å². The highest BCUT2D eigenvalue weighted by Crippen LogP contribution is 2.23. The van der Waals surface area contributed by atoms with Crippen LogP contribution >= 0.6 is 11.6 Å². The Balaban J connectivity index is 2.65. The summed E-state index contributed by atoms with van der Waals surface area (Å²) >= 11 is 5.88. The summed E-state index contributed by atoms with van der Waals surface area (Å²) in [6.07, 6.45) is 0. The molecule has 0 atom stereocenters. The van der Waals surface area contributed by atoms with Crippen LogP contribution in [0.1, 0.15) is 5.69 Å². The van der Waals surface area contributed by atoms with Gasteiger partial charge in [-0.05, 0) is 30.5 Å². The molecular formula is C11H10ClNO2. The highest BCUT2D eigenvalue weighted by molar-refractivity contribution is 6.31. The maximum absolute atomic E-state index is 10.7. The van der Waals surface area contributed by atoms with Gasteiger partial charge in [0.05, 0.1) is 5.52 Å². The van der Waals surface area contributed by atoms with E-state index in [9.17, 15) is 4.79 Å². The van der Waals surface area contributed by atoms with Crippen LogP contribution in [0.4, 0.5) is 0 Å². The van der Waals surface area contributed by atoms with Gasteiger partial charge in [0.15, 0.2) is 0 Å². The van der Waals surface area contributed by atoms with E-state index < -0.39 is 5.97 Å². The number of hydrogen-bond acceptors (Lipinski definition) is 1. The van der Waals surface area contributed by atoms with Gasteiger partial charge < -0.3 is 9.67 Å². The zero-order chi connectivity index (χ0) is 11.0. The first-order valence-corrected chi connectivity index (χ1v) is 4.93. The lowest BCUT2D eigenvalue weighted by Gasteiger charge is -2.04. The first kappa shape index (κ1) is 10.1. The van der Waals surface area contributed by atoms with Gasteiger partial charge in [-0.25, -0.2) is 0 Å². The third kappa shape index (κ3) is 1.83. The predicted molar refractivity (Wildman–Crippen MR) is 59.3 cm³/mol. The van der Waals surface area contributed by atoms with E-state index in [1.165, 1.54) is 0 Å². The topological polar surface area (TPSA) is 42.2 Å². The van der Waals surface area contributed by atoms with Crippen LogP contribution in [0.25, 0.3) is 10.9 Å². The summed E-state index contributed by atoms with van der Waals surface area (Å²) < 4.78 is 1.74. The van der Waals surface area contributed by atoms with Gasteiger partial charge in [-0.3, -0.25) is 4.79 Å². The molecule has 0 amide bonds. The molecule has 0 aliphatic rings. The summed E-state index contributed by atoms with van der Waals surface area (Å²) in [5.41, 5.74) is 1.79. The average molecular weight is 224 g/mol. The molecule has 0 radical (unpaired) electrons. The van der Waals surface area contributed by atoms with Crippen LogP contribution in [0.5, 0.6) is 0 Å². The maximum Gasteiger partial charge on any atom is 0.323 e. The molecule has 0 aliphatic carbocycles. The molecule has 0 aliphatic heterocycles. The minimum atomic E-state index is -0.851. The van der Waals surface area contributed by atoms with Gasteiger partial charge >= 0.3 is 5.97 Å². The van der Waals surface area contributed by atoms with Crippen molar-refractivity contribution in [1.29, 1.82) is 0 Å². The van der Waals surface area contributed by atoms with E-state index in [0.717, 1.165) is 16.6 Å². The first-order valence-electron chi connectivity index (χ1n) is 4.55. The third-order valence-electron chi connectivity index (χ3n) is 2.37. The number of nitrogens with zero attached hydrogens (tertiary/aromatic N) is 1. The largest absolute Gasteiger partial charge is 0.480 e. The Morgan fingerprint density at radius 1 is 1.47 bits per heavy atom. The Bertz CT molecular complexity index is 531. The molecule has 1 N–H and O–H groups in total. The number of carboxylic acid groups (broad SMARTS) is 1. The van der Waals surface area contributed by atoms with Gasteiger partial charge in [0.1, 0.15) is 6.54 Å². The first-order chi connectivity index (χ1) is 7.08. The number of aryl methyl sites for hydroxylation is 1. The van der Waals surface area contributed by atoms with Crippen molar-refractivity contribution in [2.45, 2.75) is 13.5 Å². The van der Waals surface area contributed by atoms with Crippen molar-refractivity contribution in [3.8, 4) is 0 Å². The average Bonchev–Trinajstić information content (AvgIpc) is 2.43. The molecule has 3 nitrogen and oxygen atoms in total. The molecule has 2 rings (SSSR count). The second-order valence-electron chi connectivity index (χ2n) is 3.47. The molecule has 0 fully saturated rings. The SMILES string of the molecule is Cc1cc2ccc(Cl)cc2n1CC(=O)O. The number of rotatable bonds is 2. The van der Waals surface area contributed by atoms with Crippen molar-refractivity contribution in [3.05, 3.63) is 35.0 Å². The third-order valence-corrected chi connectivity index (χ3v) is 2.60. The Morgan fingerprint density at radius 2 is 2.20 bits per heavy atom. The molecule has 2 aromatic rings. The summed E-state index contributed by atoms with van der Waals surface area (Å²) in [5, 5.41) is 10.4. The van der Waals surface area contributed by atoms with Gasteiger partial charge in [0.2, 0.25) is 0 Å². The van der Waals surface area contributed by atoms with Crippen LogP contribution in [-0.4, -0.2) is 15.6 Å². The maximum atomic E-state index is 10.7. The molecular weight excluding hydrogens is 214 g/mol. The highest BCUT2D eigenvalue weighted by atomic mass is 35.5. The zero-order valence-electron chi connectivity index (χ0n) is 8.20. The number of carboxylic acids is 1. The molecule has 0 spiro atoms. The van der Waals surface area contributed by atoms with E-state index in [-0.39, 0.29) is 6.54 Å². The Labute approximate surface area is 91.9 Å². The van der Waals surface area contributed by atoms with Crippen LogP contribution < -0.4 is 0 Å². The fourth-order valence-electron chi connectivity index (χ4n) is 1.71. The van der Waals surface area contributed by atoms with Gasteiger partial charge in [0.25, 0.3) is 0 Å². The minimum Gasteiger partial charge on any atom is -0.480 e. The van der Waals surface area contributed by atoms with Crippen molar-refractivity contribution in [2.75, 3.05) is 0 Å². The Kier molecular flexibility index (Phi) is 2.40. The quantitative estimate of drug-likeness (QED) is 0.851. The van der Waals surface area contributed by atoms with Crippen LogP contribution in [0.15, 0.2) is 24.3 Å².